The van der Waals surface area contributed by atoms with E-state index in [4.69, 9.17) is 10.7 Å². The van der Waals surface area contributed by atoms with Crippen LogP contribution in [0.25, 0.3) is 0 Å². The molecule has 1 N–H and O–H groups in total. The zero-order chi connectivity index (χ0) is 15.3. The van der Waals surface area contributed by atoms with Crippen molar-refractivity contribution in [3.63, 3.8) is 0 Å². The van der Waals surface area contributed by atoms with Gasteiger partial charge in [-0.2, -0.15) is 0 Å². The highest BCUT2D eigenvalue weighted by atomic mass is 35.7. The third-order valence-electron chi connectivity index (χ3n) is 3.51. The lowest BCUT2D eigenvalue weighted by Crippen LogP contribution is -2.37. The van der Waals surface area contributed by atoms with Gasteiger partial charge in [-0.25, -0.2) is 8.42 Å². The highest BCUT2D eigenvalue weighted by molar-refractivity contribution is 8.13. The first-order chi connectivity index (χ1) is 9.29. The van der Waals surface area contributed by atoms with E-state index < -0.39 is 9.05 Å². The fourth-order valence-electron chi connectivity index (χ4n) is 2.17. The molecule has 1 rings (SSSR count). The molecule has 0 heterocycles. The Bertz CT molecular complexity index is 550. The molecule has 1 unspecified atom stereocenters. The Morgan fingerprint density at radius 1 is 1.20 bits per heavy atom. The monoisotopic (exact) mass is 317 g/mol. The van der Waals surface area contributed by atoms with Crippen LogP contribution < -0.4 is 5.32 Å². The predicted molar refractivity (Wildman–Crippen MR) is 80.5 cm³/mol. The quantitative estimate of drug-likeness (QED) is 0.820. The second-order valence-electron chi connectivity index (χ2n) is 4.80. The van der Waals surface area contributed by atoms with E-state index in [2.05, 4.69) is 19.2 Å². The zero-order valence-corrected chi connectivity index (χ0v) is 13.5. The topological polar surface area (TPSA) is 63.2 Å². The van der Waals surface area contributed by atoms with E-state index in [1.165, 1.54) is 24.3 Å². The van der Waals surface area contributed by atoms with Gasteiger partial charge in [-0.15, -0.1) is 0 Å². The van der Waals surface area contributed by atoms with Gasteiger partial charge in [0.2, 0.25) is 0 Å². The van der Waals surface area contributed by atoms with Crippen LogP contribution in [0.15, 0.2) is 29.2 Å². The van der Waals surface area contributed by atoms with Gasteiger partial charge in [0.05, 0.1) is 4.90 Å². The molecule has 0 fully saturated rings. The van der Waals surface area contributed by atoms with Gasteiger partial charge in [-0.05, 0) is 37.1 Å². The molecule has 1 aromatic rings. The number of hydrogen-bond donors (Lipinski definition) is 1. The van der Waals surface area contributed by atoms with E-state index in [1.54, 1.807) is 0 Å². The summed E-state index contributed by atoms with van der Waals surface area (Å²) in [6, 6.07) is 5.67. The average Bonchev–Trinajstić information content (AvgIpc) is 2.39. The summed E-state index contributed by atoms with van der Waals surface area (Å²) in [5.74, 6) is 0.226. The van der Waals surface area contributed by atoms with E-state index >= 15 is 0 Å². The Hall–Kier alpha value is -1.07. The first-order valence-electron chi connectivity index (χ1n) is 6.65. The van der Waals surface area contributed by atoms with Crippen LogP contribution in [0.1, 0.15) is 44.0 Å². The molecule has 0 saturated heterocycles. The molecule has 0 radical (unpaired) electrons. The first-order valence-corrected chi connectivity index (χ1v) is 8.96. The van der Waals surface area contributed by atoms with E-state index in [-0.39, 0.29) is 16.8 Å². The Morgan fingerprint density at radius 3 is 2.10 bits per heavy atom. The molecule has 1 atom stereocenters. The zero-order valence-electron chi connectivity index (χ0n) is 11.9. The van der Waals surface area contributed by atoms with Gasteiger partial charge in [0.25, 0.3) is 15.0 Å². The number of rotatable bonds is 6. The predicted octanol–water partition coefficient (Wildman–Crippen LogP) is 3.17. The van der Waals surface area contributed by atoms with Gasteiger partial charge in [0.1, 0.15) is 0 Å². The minimum atomic E-state index is -3.75. The lowest BCUT2D eigenvalue weighted by Gasteiger charge is -2.22. The maximum Gasteiger partial charge on any atom is 0.261 e. The molecular formula is C14H20ClNO3S. The Kier molecular flexibility index (Phi) is 6.02. The SMILES string of the molecule is CCC(CC)C(C)NC(=O)c1ccc(S(=O)(=O)Cl)cc1. The van der Waals surface area contributed by atoms with Crippen LogP contribution in [0, 0.1) is 5.92 Å². The van der Waals surface area contributed by atoms with Crippen molar-refractivity contribution in [2.24, 2.45) is 5.92 Å². The summed E-state index contributed by atoms with van der Waals surface area (Å²) < 4.78 is 22.2. The molecule has 1 amide bonds. The molecular weight excluding hydrogens is 298 g/mol. The van der Waals surface area contributed by atoms with Crippen molar-refractivity contribution in [2.45, 2.75) is 44.6 Å². The second-order valence-corrected chi connectivity index (χ2v) is 7.37. The van der Waals surface area contributed by atoms with Crippen LogP contribution in [0.3, 0.4) is 0 Å². The van der Waals surface area contributed by atoms with E-state index in [1.807, 2.05) is 6.92 Å². The van der Waals surface area contributed by atoms with E-state index in [0.29, 0.717) is 11.5 Å². The highest BCUT2D eigenvalue weighted by Crippen LogP contribution is 2.16. The van der Waals surface area contributed by atoms with E-state index in [0.717, 1.165) is 12.8 Å². The second kappa shape index (κ2) is 7.09. The van der Waals surface area contributed by atoms with Gasteiger partial charge in [0, 0.05) is 22.3 Å². The molecule has 6 heteroatoms. The third-order valence-corrected chi connectivity index (χ3v) is 4.88. The number of carbonyl (C=O) groups is 1. The van der Waals surface area contributed by atoms with E-state index in [9.17, 15) is 13.2 Å². The number of amides is 1. The normalized spacial score (nSPS) is 13.2. The summed E-state index contributed by atoms with van der Waals surface area (Å²) in [6.07, 6.45) is 2.00. The first kappa shape index (κ1) is 17.0. The molecule has 0 aliphatic heterocycles. The Morgan fingerprint density at radius 2 is 1.70 bits per heavy atom. The van der Waals surface area contributed by atoms with Crippen LogP contribution in [-0.2, 0) is 9.05 Å². The number of carbonyl (C=O) groups excluding carboxylic acids is 1. The fourth-order valence-corrected chi connectivity index (χ4v) is 2.94. The molecule has 0 spiro atoms. The molecule has 0 aliphatic carbocycles. The lowest BCUT2D eigenvalue weighted by atomic mass is 9.95. The minimum Gasteiger partial charge on any atom is -0.349 e. The van der Waals surface area contributed by atoms with Crippen LogP contribution in [-0.4, -0.2) is 20.4 Å². The summed E-state index contributed by atoms with van der Waals surface area (Å²) in [7, 11) is 1.48. The Labute approximate surface area is 124 Å². The molecule has 4 nitrogen and oxygen atoms in total. The number of halogens is 1. The summed E-state index contributed by atoms with van der Waals surface area (Å²) in [4.78, 5) is 12.0. The number of nitrogens with one attached hydrogen (secondary N) is 1. The molecule has 20 heavy (non-hydrogen) atoms. The standard InChI is InChI=1S/C14H20ClNO3S/c1-4-11(5-2)10(3)16-14(17)12-6-8-13(9-7-12)20(15,18)19/h6-11H,4-5H2,1-3H3,(H,16,17). The van der Waals surface area contributed by atoms with Crippen molar-refractivity contribution in [1.29, 1.82) is 0 Å². The molecule has 1 aromatic carbocycles. The van der Waals surface area contributed by atoms with Gasteiger partial charge in [-0.1, -0.05) is 26.7 Å². The summed E-state index contributed by atoms with van der Waals surface area (Å²) in [6.45, 7) is 6.17. The average molecular weight is 318 g/mol. The van der Waals surface area contributed by atoms with Crippen molar-refractivity contribution in [3.8, 4) is 0 Å². The van der Waals surface area contributed by atoms with Crippen LogP contribution in [0.4, 0.5) is 0 Å². The van der Waals surface area contributed by atoms with Crippen LogP contribution in [0.5, 0.6) is 0 Å². The lowest BCUT2D eigenvalue weighted by molar-refractivity contribution is 0.0925. The minimum absolute atomic E-state index is 0.0104. The van der Waals surface area contributed by atoms with Gasteiger partial charge in [0.15, 0.2) is 0 Å². The number of hydrogen-bond acceptors (Lipinski definition) is 3. The maximum atomic E-state index is 12.1. The third kappa shape index (κ3) is 4.49. The summed E-state index contributed by atoms with van der Waals surface area (Å²) in [5, 5.41) is 2.93. The van der Waals surface area contributed by atoms with Crippen molar-refractivity contribution in [3.05, 3.63) is 29.8 Å². The van der Waals surface area contributed by atoms with Crippen molar-refractivity contribution in [2.75, 3.05) is 0 Å². The largest absolute Gasteiger partial charge is 0.349 e. The highest BCUT2D eigenvalue weighted by Gasteiger charge is 2.17. The van der Waals surface area contributed by atoms with Crippen molar-refractivity contribution in [1.82, 2.24) is 5.32 Å². The van der Waals surface area contributed by atoms with Gasteiger partial charge >= 0.3 is 0 Å². The molecule has 0 aromatic heterocycles. The van der Waals surface area contributed by atoms with Crippen molar-refractivity contribution < 1.29 is 13.2 Å². The maximum absolute atomic E-state index is 12.1. The molecule has 0 aliphatic rings. The molecule has 0 bridgehead atoms. The van der Waals surface area contributed by atoms with Crippen LogP contribution in [0.2, 0.25) is 0 Å². The molecule has 112 valence electrons. The van der Waals surface area contributed by atoms with Gasteiger partial charge < -0.3 is 5.32 Å². The Balaban J connectivity index is 2.78. The fraction of sp³-hybridized carbons (Fsp3) is 0.500. The van der Waals surface area contributed by atoms with Crippen molar-refractivity contribution >= 4 is 25.6 Å². The smallest absolute Gasteiger partial charge is 0.261 e. The summed E-state index contributed by atoms with van der Waals surface area (Å²) in [5.41, 5.74) is 0.423. The number of benzene rings is 1. The van der Waals surface area contributed by atoms with Gasteiger partial charge in [-0.3, -0.25) is 4.79 Å². The summed E-state index contributed by atoms with van der Waals surface area (Å²) >= 11 is 0. The van der Waals surface area contributed by atoms with Crippen LogP contribution >= 0.6 is 10.7 Å². The molecule has 0 saturated carbocycles.